The van der Waals surface area contributed by atoms with Crippen LogP contribution in [0.2, 0.25) is 0 Å². The molecule has 0 N–H and O–H groups in total. The fourth-order valence-corrected chi connectivity index (χ4v) is 2.55. The normalized spacial score (nSPS) is 29.9. The average molecular weight is 306 g/mol. The topological polar surface area (TPSA) is 71.1 Å². The summed E-state index contributed by atoms with van der Waals surface area (Å²) in [7, 11) is 0. The minimum atomic E-state index is -0.847. The van der Waals surface area contributed by atoms with Crippen molar-refractivity contribution in [2.24, 2.45) is 0 Å². The number of rotatable bonds is 3. The average Bonchev–Trinajstić information content (AvgIpc) is 2.80. The fraction of sp³-hybridized carbons (Fsp3) is 0.500. The van der Waals surface area contributed by atoms with Gasteiger partial charge >= 0.3 is 5.97 Å². The van der Waals surface area contributed by atoms with Gasteiger partial charge in [0.1, 0.15) is 12.7 Å². The number of ketones is 1. The van der Waals surface area contributed by atoms with Crippen molar-refractivity contribution in [1.29, 1.82) is 0 Å². The minimum absolute atomic E-state index is 0.00642. The lowest BCUT2D eigenvalue weighted by atomic mass is 10.0. The van der Waals surface area contributed by atoms with Crippen molar-refractivity contribution in [2.75, 3.05) is 6.61 Å². The first-order valence-corrected chi connectivity index (χ1v) is 7.20. The molecule has 1 aromatic carbocycles. The van der Waals surface area contributed by atoms with Crippen LogP contribution in [-0.2, 0) is 23.7 Å². The van der Waals surface area contributed by atoms with Gasteiger partial charge < -0.3 is 18.9 Å². The maximum atomic E-state index is 12.1. The van der Waals surface area contributed by atoms with Gasteiger partial charge in [0.2, 0.25) is 0 Å². The summed E-state index contributed by atoms with van der Waals surface area (Å²) >= 11 is 0. The first kappa shape index (κ1) is 15.1. The summed E-state index contributed by atoms with van der Waals surface area (Å²) in [5.74, 6) is -1.38. The number of Topliss-reactive ketones (excluding diaryl/α,β-unsaturated/α-hetero) is 1. The van der Waals surface area contributed by atoms with Crippen molar-refractivity contribution in [3.05, 3.63) is 35.9 Å². The molecule has 2 saturated heterocycles. The highest BCUT2D eigenvalue weighted by Gasteiger charge is 2.50. The molecule has 0 saturated carbocycles. The van der Waals surface area contributed by atoms with Gasteiger partial charge in [0.05, 0.1) is 5.56 Å². The van der Waals surface area contributed by atoms with Gasteiger partial charge in [-0.1, -0.05) is 18.2 Å². The van der Waals surface area contributed by atoms with E-state index in [0.29, 0.717) is 5.56 Å². The Hall–Kier alpha value is -1.76. The van der Waals surface area contributed by atoms with E-state index in [2.05, 4.69) is 0 Å². The third-order valence-electron chi connectivity index (χ3n) is 3.54. The van der Waals surface area contributed by atoms with E-state index in [0.717, 1.165) is 0 Å². The quantitative estimate of drug-likeness (QED) is 0.791. The minimum Gasteiger partial charge on any atom is -0.459 e. The van der Waals surface area contributed by atoms with Crippen molar-refractivity contribution in [2.45, 2.75) is 44.6 Å². The van der Waals surface area contributed by atoms with Gasteiger partial charge in [-0.15, -0.1) is 0 Å². The summed E-state index contributed by atoms with van der Waals surface area (Å²) in [4.78, 5) is 23.9. The van der Waals surface area contributed by atoms with E-state index in [1.165, 1.54) is 0 Å². The molecular weight excluding hydrogens is 288 g/mol. The van der Waals surface area contributed by atoms with Crippen molar-refractivity contribution in [1.82, 2.24) is 0 Å². The molecule has 22 heavy (non-hydrogen) atoms. The highest BCUT2D eigenvalue weighted by molar-refractivity contribution is 5.89. The molecule has 0 bridgehead atoms. The number of benzene rings is 1. The van der Waals surface area contributed by atoms with Crippen LogP contribution in [0.5, 0.6) is 0 Å². The van der Waals surface area contributed by atoms with Crippen molar-refractivity contribution < 1.29 is 28.5 Å². The van der Waals surface area contributed by atoms with Gasteiger partial charge in [-0.3, -0.25) is 4.79 Å². The van der Waals surface area contributed by atoms with E-state index in [-0.39, 0.29) is 18.8 Å². The summed E-state index contributed by atoms with van der Waals surface area (Å²) in [6.07, 6.45) is -1.81. The Balaban J connectivity index is 1.56. The number of fused-ring (bicyclic) bond motifs is 1. The van der Waals surface area contributed by atoms with E-state index in [1.54, 1.807) is 38.1 Å². The summed E-state index contributed by atoms with van der Waals surface area (Å²) in [6.45, 7) is 3.46. The zero-order valence-electron chi connectivity index (χ0n) is 12.5. The molecule has 2 fully saturated rings. The summed E-state index contributed by atoms with van der Waals surface area (Å²) in [5, 5.41) is 0. The highest BCUT2D eigenvalue weighted by atomic mass is 16.8. The summed E-state index contributed by atoms with van der Waals surface area (Å²) in [5.41, 5.74) is 0.462. The lowest BCUT2D eigenvalue weighted by Gasteiger charge is -2.28. The van der Waals surface area contributed by atoms with Crippen LogP contribution in [0.1, 0.15) is 30.6 Å². The zero-order chi connectivity index (χ0) is 15.7. The monoisotopic (exact) mass is 306 g/mol. The first-order chi connectivity index (χ1) is 10.4. The third kappa shape index (κ3) is 3.19. The Labute approximate surface area is 128 Å². The molecule has 6 nitrogen and oxygen atoms in total. The summed E-state index contributed by atoms with van der Waals surface area (Å²) < 4.78 is 21.9. The van der Waals surface area contributed by atoms with Crippen molar-refractivity contribution >= 4 is 11.8 Å². The predicted octanol–water partition coefficient (Wildman–Crippen LogP) is 1.68. The SMILES string of the molecule is CC1(C)OC2C(=O)C[C@H](COC(=O)c3ccccc3)O[C@@H]2O1. The molecule has 2 heterocycles. The second-order valence-corrected chi connectivity index (χ2v) is 5.82. The van der Waals surface area contributed by atoms with E-state index in [9.17, 15) is 9.59 Å². The lowest BCUT2D eigenvalue weighted by Crippen LogP contribution is -2.45. The van der Waals surface area contributed by atoms with Crippen LogP contribution in [0.25, 0.3) is 0 Å². The standard InChI is InChI=1S/C16H18O6/c1-16(2)21-13-12(17)8-11(20-15(13)22-16)9-19-14(18)10-6-4-3-5-7-10/h3-7,11,13,15H,8-9H2,1-2H3/t11-,13?,15-/m1/s1. The van der Waals surface area contributed by atoms with Crippen molar-refractivity contribution in [3.63, 3.8) is 0 Å². The fourth-order valence-electron chi connectivity index (χ4n) is 2.55. The Morgan fingerprint density at radius 2 is 2.00 bits per heavy atom. The molecule has 0 radical (unpaired) electrons. The van der Waals surface area contributed by atoms with Crippen LogP contribution in [-0.4, -0.2) is 42.6 Å². The zero-order valence-corrected chi connectivity index (χ0v) is 12.5. The molecule has 3 rings (SSSR count). The first-order valence-electron chi connectivity index (χ1n) is 7.20. The molecule has 0 amide bonds. The molecule has 0 aromatic heterocycles. The molecule has 6 heteroatoms. The smallest absolute Gasteiger partial charge is 0.338 e. The highest BCUT2D eigenvalue weighted by Crippen LogP contribution is 2.34. The Bertz CT molecular complexity index is 567. The Morgan fingerprint density at radius 1 is 1.27 bits per heavy atom. The number of esters is 1. The molecule has 1 unspecified atom stereocenters. The maximum Gasteiger partial charge on any atom is 0.338 e. The number of ether oxygens (including phenoxy) is 4. The van der Waals surface area contributed by atoms with Crippen LogP contribution < -0.4 is 0 Å². The molecule has 2 aliphatic heterocycles. The largest absolute Gasteiger partial charge is 0.459 e. The number of hydrogen-bond acceptors (Lipinski definition) is 6. The third-order valence-corrected chi connectivity index (χ3v) is 3.54. The van der Waals surface area contributed by atoms with Gasteiger partial charge in [0, 0.05) is 6.42 Å². The number of carbonyl (C=O) groups excluding carboxylic acids is 2. The molecule has 0 spiro atoms. The Morgan fingerprint density at radius 3 is 2.73 bits per heavy atom. The molecule has 3 atom stereocenters. The molecule has 1 aromatic rings. The van der Waals surface area contributed by atoms with Crippen LogP contribution in [0.15, 0.2) is 30.3 Å². The van der Waals surface area contributed by atoms with Gasteiger partial charge in [-0.05, 0) is 26.0 Å². The number of hydrogen-bond donors (Lipinski definition) is 0. The molecule has 118 valence electrons. The predicted molar refractivity (Wildman–Crippen MR) is 75.0 cm³/mol. The number of carbonyl (C=O) groups is 2. The van der Waals surface area contributed by atoms with Crippen LogP contribution in [0, 0.1) is 0 Å². The van der Waals surface area contributed by atoms with Gasteiger partial charge in [0.25, 0.3) is 0 Å². The van der Waals surface area contributed by atoms with E-state index in [1.807, 2.05) is 6.07 Å². The van der Waals surface area contributed by atoms with E-state index >= 15 is 0 Å². The maximum absolute atomic E-state index is 12.1. The lowest BCUT2D eigenvalue weighted by molar-refractivity contribution is -0.213. The van der Waals surface area contributed by atoms with Gasteiger partial charge in [0.15, 0.2) is 24.0 Å². The second-order valence-electron chi connectivity index (χ2n) is 5.82. The van der Waals surface area contributed by atoms with Crippen LogP contribution in [0.4, 0.5) is 0 Å². The van der Waals surface area contributed by atoms with E-state index in [4.69, 9.17) is 18.9 Å². The molecule has 2 aliphatic rings. The molecule has 0 aliphatic carbocycles. The molecular formula is C16H18O6. The van der Waals surface area contributed by atoms with Crippen LogP contribution in [0.3, 0.4) is 0 Å². The summed E-state index contributed by atoms with van der Waals surface area (Å²) in [6, 6.07) is 8.67. The van der Waals surface area contributed by atoms with E-state index < -0.39 is 30.3 Å². The second kappa shape index (κ2) is 5.79. The van der Waals surface area contributed by atoms with Gasteiger partial charge in [-0.2, -0.15) is 0 Å². The van der Waals surface area contributed by atoms with Crippen molar-refractivity contribution in [3.8, 4) is 0 Å². The Kier molecular flexibility index (Phi) is 3.99. The van der Waals surface area contributed by atoms with Gasteiger partial charge in [-0.25, -0.2) is 4.79 Å². The van der Waals surface area contributed by atoms with Crippen LogP contribution >= 0.6 is 0 Å².